The Hall–Kier alpha value is 4.07. The van der Waals surface area contributed by atoms with Gasteiger partial charge in [0.1, 0.15) is 19.8 Å². The van der Waals surface area contributed by atoms with Crippen LogP contribution in [-0.4, -0.2) is 127 Å². The van der Waals surface area contributed by atoms with Crippen LogP contribution in [0.15, 0.2) is 0 Å². The van der Waals surface area contributed by atoms with Crippen LogP contribution in [0.3, 0.4) is 0 Å². The summed E-state index contributed by atoms with van der Waals surface area (Å²) in [5, 5.41) is 23.7. The summed E-state index contributed by atoms with van der Waals surface area (Å²) in [6, 6.07) is 4.98. The van der Waals surface area contributed by atoms with Crippen LogP contribution in [0.2, 0.25) is 0 Å². The molecule has 41 heavy (non-hydrogen) atoms. The van der Waals surface area contributed by atoms with E-state index in [-0.39, 0.29) is 44.6 Å². The Kier molecular flexibility index (Phi) is 62.0. The molecule has 0 heterocycles. The average molecular weight is 1160 g/mol. The van der Waals surface area contributed by atoms with Gasteiger partial charge in [0.2, 0.25) is 0 Å². The molecule has 0 rings (SSSR count). The topological polar surface area (TPSA) is 131 Å². The fraction of sp³-hybridized carbons (Fsp3) is 0.800. The van der Waals surface area contributed by atoms with Crippen molar-refractivity contribution in [3.63, 3.8) is 0 Å². The van der Waals surface area contributed by atoms with E-state index < -0.39 is 66.7 Å². The number of hydrogen-bond donors (Lipinski definition) is 0. The summed E-state index contributed by atoms with van der Waals surface area (Å²) in [5.41, 5.74) is 0. The number of ether oxygens (including phenoxy) is 3. The molecule has 0 aromatic rings. The predicted molar refractivity (Wildman–Crippen MR) is 132 cm³/mol. The molecule has 0 radical (unpaired) electrons. The Labute approximate surface area is 312 Å². The van der Waals surface area contributed by atoms with Crippen LogP contribution in [0.5, 0.6) is 0 Å². The molecule has 0 aromatic heterocycles. The van der Waals surface area contributed by atoms with Gasteiger partial charge in [-0.05, 0) is 0 Å². The number of nitriles is 3. The van der Waals surface area contributed by atoms with Crippen molar-refractivity contribution in [2.45, 2.75) is 37.8 Å². The first kappa shape index (κ1) is 60.4. The molecule has 0 amide bonds. The third kappa shape index (κ3) is 124. The third-order valence-corrected chi connectivity index (χ3v) is 1.87. The SMILES string of the molecule is N#CCCOCC(F)(F)F.N#CCCOCC(F)(F)F.N#CCCOCC(F)(F)F.O.[Cl][Pt]([Cl])([Cl])[Cl].[Cl][Pt][Cl].[K][K]. The van der Waals surface area contributed by atoms with Crippen LogP contribution in [0.1, 0.15) is 19.3 Å². The Morgan fingerprint density at radius 2 is 0.732 bits per heavy atom. The van der Waals surface area contributed by atoms with Gasteiger partial charge in [-0.25, -0.2) is 0 Å². The maximum atomic E-state index is 11.3. The predicted octanol–water partition coefficient (Wildman–Crippen LogP) is 6.98. The van der Waals surface area contributed by atoms with E-state index in [1.165, 1.54) is 63.2 Å². The molecule has 0 spiro atoms. The first-order valence-electron chi connectivity index (χ1n) is 9.44. The Morgan fingerprint density at radius 1 is 0.585 bits per heavy atom. The summed E-state index contributed by atoms with van der Waals surface area (Å²) in [4.78, 5) is 0. The van der Waals surface area contributed by atoms with Crippen molar-refractivity contribution in [2.24, 2.45) is 0 Å². The molecule has 26 heteroatoms. The molecule has 0 atom stereocenters. The second-order valence-electron chi connectivity index (χ2n) is 5.04. The summed E-state index contributed by atoms with van der Waals surface area (Å²) >= 11 is -1.03. The first-order chi connectivity index (χ1) is 18.1. The monoisotopic (exact) mass is 1150 g/mol. The van der Waals surface area contributed by atoms with Gasteiger partial charge in [-0.15, -0.1) is 0 Å². The van der Waals surface area contributed by atoms with Crippen molar-refractivity contribution in [1.29, 1.82) is 15.8 Å². The second kappa shape index (κ2) is 42.1. The Balaban J connectivity index is -0.0000000721. The molecular formula is C15H20Cl6F9K2N3O4Pt2. The van der Waals surface area contributed by atoms with E-state index >= 15 is 0 Å². The van der Waals surface area contributed by atoms with Crippen LogP contribution in [0.4, 0.5) is 39.5 Å². The number of rotatable bonds is 9. The van der Waals surface area contributed by atoms with Gasteiger partial charge in [-0.3, -0.25) is 0 Å². The van der Waals surface area contributed by atoms with Gasteiger partial charge < -0.3 is 19.7 Å². The zero-order chi connectivity index (χ0) is 33.3. The third-order valence-electron chi connectivity index (χ3n) is 1.87. The minimum atomic E-state index is -4.28. The molecule has 0 saturated carbocycles. The zero-order valence-corrected chi connectivity index (χ0v) is 36.1. The van der Waals surface area contributed by atoms with Gasteiger partial charge in [0.05, 0.1) is 57.3 Å². The summed E-state index contributed by atoms with van der Waals surface area (Å²) in [7, 11) is 29.8. The minimum absolute atomic E-state index is 0. The van der Waals surface area contributed by atoms with Crippen molar-refractivity contribution < 1.29 is 87.6 Å². The molecular weight excluding hydrogens is 1140 g/mol. The quantitative estimate of drug-likeness (QED) is 0.139. The van der Waals surface area contributed by atoms with E-state index in [1.54, 1.807) is 18.2 Å². The van der Waals surface area contributed by atoms with E-state index in [0.717, 1.165) is 0 Å². The molecule has 0 aromatic carbocycles. The van der Waals surface area contributed by atoms with Crippen LogP contribution >= 0.6 is 56.5 Å². The zero-order valence-electron chi connectivity index (χ0n) is 20.7. The van der Waals surface area contributed by atoms with Crippen molar-refractivity contribution in [2.75, 3.05) is 39.6 Å². The van der Waals surface area contributed by atoms with Gasteiger partial charge >= 0.3 is 167 Å². The Bertz CT molecular complexity index is 588. The van der Waals surface area contributed by atoms with Gasteiger partial charge in [0.15, 0.2) is 0 Å². The average Bonchev–Trinajstić information content (AvgIpc) is 2.77. The number of alkyl halides is 9. The molecule has 2 N–H and O–H groups in total. The molecule has 0 saturated heterocycles. The molecule has 0 aliphatic heterocycles. The normalized spacial score (nSPS) is 10.6. The van der Waals surface area contributed by atoms with Crippen molar-refractivity contribution in [3.8, 4) is 18.2 Å². The van der Waals surface area contributed by atoms with E-state index in [2.05, 4.69) is 14.2 Å². The molecule has 0 aliphatic carbocycles. The summed E-state index contributed by atoms with van der Waals surface area (Å²) in [5.74, 6) is 0. The standard InChI is InChI=1S/3C5H6F3NO.6ClH.2K.H2O.2Pt/c3*6-5(7,8)4-10-3-1-2-9;;;;;;;;;;;/h3*1,3-4H2;6*1H;;;1H2;;/q;;;;;;;;;;;;+2;+4/p-6. The summed E-state index contributed by atoms with van der Waals surface area (Å²) in [6.07, 6.45) is -12.9. The van der Waals surface area contributed by atoms with Crippen molar-refractivity contribution in [1.82, 2.24) is 0 Å². The Morgan fingerprint density at radius 3 is 0.829 bits per heavy atom. The van der Waals surface area contributed by atoms with Crippen LogP contribution in [-0.2, 0) is 42.6 Å². The first-order valence-corrected chi connectivity index (χ1v) is 42.3. The van der Waals surface area contributed by atoms with Gasteiger partial charge in [-0.2, -0.15) is 55.3 Å². The molecule has 7 nitrogen and oxygen atoms in total. The summed E-state index contributed by atoms with van der Waals surface area (Å²) < 4.78 is 114. The number of nitrogens with zero attached hydrogens (tertiary/aromatic N) is 3. The van der Waals surface area contributed by atoms with Gasteiger partial charge in [-0.1, -0.05) is 0 Å². The second-order valence-corrected chi connectivity index (χ2v) is 28.0. The number of halogens is 15. The van der Waals surface area contributed by atoms with Crippen LogP contribution < -0.4 is 0 Å². The fourth-order valence-corrected chi connectivity index (χ4v) is 0.917. The van der Waals surface area contributed by atoms with Crippen LogP contribution in [0.25, 0.3) is 0 Å². The van der Waals surface area contributed by atoms with Crippen LogP contribution in [0, 0.1) is 34.0 Å². The van der Waals surface area contributed by atoms with E-state index in [1.807, 2.05) is 0 Å². The molecule has 0 fully saturated rings. The van der Waals surface area contributed by atoms with E-state index in [9.17, 15) is 39.5 Å². The van der Waals surface area contributed by atoms with E-state index in [4.69, 9.17) is 72.3 Å². The van der Waals surface area contributed by atoms with Crippen molar-refractivity contribution in [3.05, 3.63) is 0 Å². The maximum absolute atomic E-state index is 11.3. The summed E-state index contributed by atoms with van der Waals surface area (Å²) in [6.45, 7) is -4.28. The van der Waals surface area contributed by atoms with Gasteiger partial charge in [0, 0.05) is 0 Å². The molecule has 0 bridgehead atoms. The molecule has 0 aliphatic rings. The van der Waals surface area contributed by atoms with Crippen molar-refractivity contribution >= 4 is 120 Å². The fourth-order valence-electron chi connectivity index (χ4n) is 0.917. The number of hydrogen-bond acceptors (Lipinski definition) is 6. The van der Waals surface area contributed by atoms with E-state index in [0.29, 0.717) is 0 Å². The van der Waals surface area contributed by atoms with Gasteiger partial charge in [0.25, 0.3) is 0 Å². The molecule has 0 unspecified atom stereocenters. The molecule has 246 valence electrons.